The van der Waals surface area contributed by atoms with Gasteiger partial charge in [0.15, 0.2) is 6.29 Å². The van der Waals surface area contributed by atoms with E-state index in [2.05, 4.69) is 15.6 Å². The highest BCUT2D eigenvalue weighted by Gasteiger charge is 2.05. The van der Waals surface area contributed by atoms with Crippen LogP contribution in [0, 0.1) is 5.82 Å². The van der Waals surface area contributed by atoms with Gasteiger partial charge < -0.3 is 5.32 Å². The van der Waals surface area contributed by atoms with Crippen molar-refractivity contribution in [1.29, 1.82) is 0 Å². The minimum atomic E-state index is -0.320. The number of hydrogen-bond acceptors (Lipinski definition) is 4. The van der Waals surface area contributed by atoms with Crippen LogP contribution < -0.4 is 5.32 Å². The summed E-state index contributed by atoms with van der Waals surface area (Å²) in [4.78, 5) is 22.0. The van der Waals surface area contributed by atoms with Gasteiger partial charge in [0.1, 0.15) is 18.1 Å². The fourth-order valence-corrected chi connectivity index (χ4v) is 1.45. The molecule has 0 spiro atoms. The van der Waals surface area contributed by atoms with Crippen molar-refractivity contribution in [3.05, 3.63) is 47.5 Å². The molecule has 0 fully saturated rings. The van der Waals surface area contributed by atoms with Gasteiger partial charge in [-0.25, -0.2) is 9.07 Å². The Morgan fingerprint density at radius 1 is 1.37 bits per heavy atom. The van der Waals surface area contributed by atoms with Gasteiger partial charge in [0.2, 0.25) is 5.91 Å². The number of carbonyl (C=O) groups excluding carboxylic acids is 2. The molecule has 1 aromatic carbocycles. The van der Waals surface area contributed by atoms with E-state index in [4.69, 9.17) is 0 Å². The molecule has 1 heterocycles. The van der Waals surface area contributed by atoms with Crippen LogP contribution in [0.4, 0.5) is 4.39 Å². The van der Waals surface area contributed by atoms with Crippen molar-refractivity contribution in [2.24, 2.45) is 0 Å². The molecule has 98 valence electrons. The zero-order valence-electron chi connectivity index (χ0n) is 9.91. The van der Waals surface area contributed by atoms with Gasteiger partial charge in [0.05, 0.1) is 6.20 Å². The Kier molecular flexibility index (Phi) is 3.97. The molecule has 0 aliphatic rings. The van der Waals surface area contributed by atoms with E-state index < -0.39 is 0 Å². The molecule has 7 heteroatoms. The summed E-state index contributed by atoms with van der Waals surface area (Å²) in [5.74, 6) is -0.592. The highest BCUT2D eigenvalue weighted by atomic mass is 19.1. The van der Waals surface area contributed by atoms with Gasteiger partial charge in [-0.15, -0.1) is 5.10 Å². The third kappa shape index (κ3) is 3.70. The molecule has 2 rings (SSSR count). The summed E-state index contributed by atoms with van der Waals surface area (Å²) in [5.41, 5.74) is 0.966. The number of benzene rings is 1. The monoisotopic (exact) mass is 262 g/mol. The van der Waals surface area contributed by atoms with E-state index in [0.29, 0.717) is 12.8 Å². The first-order valence-corrected chi connectivity index (χ1v) is 5.54. The van der Waals surface area contributed by atoms with Gasteiger partial charge in [-0.3, -0.25) is 9.59 Å². The molecular formula is C12H11FN4O2. The van der Waals surface area contributed by atoms with Gasteiger partial charge in [-0.2, -0.15) is 0 Å². The lowest BCUT2D eigenvalue weighted by molar-refractivity contribution is -0.122. The first-order chi connectivity index (χ1) is 9.17. The Morgan fingerprint density at radius 3 is 2.74 bits per heavy atom. The molecule has 0 bridgehead atoms. The molecule has 19 heavy (non-hydrogen) atoms. The van der Waals surface area contributed by atoms with Crippen LogP contribution in [0.2, 0.25) is 0 Å². The molecule has 0 saturated carbocycles. The Balaban J connectivity index is 1.84. The minimum Gasteiger partial charge on any atom is -0.350 e. The van der Waals surface area contributed by atoms with Gasteiger partial charge in [-0.05, 0) is 17.7 Å². The van der Waals surface area contributed by atoms with Crippen molar-refractivity contribution in [2.75, 3.05) is 0 Å². The lowest BCUT2D eigenvalue weighted by Gasteiger charge is -2.05. The molecule has 0 atom stereocenters. The topological polar surface area (TPSA) is 76.9 Å². The SMILES string of the molecule is O=Cc1cn(CC(=O)NCc2ccc(F)cc2)nn1. The quantitative estimate of drug-likeness (QED) is 0.798. The fraction of sp³-hybridized carbons (Fsp3) is 0.167. The van der Waals surface area contributed by atoms with E-state index >= 15 is 0 Å². The number of aromatic nitrogens is 3. The first kappa shape index (κ1) is 12.9. The third-order valence-electron chi connectivity index (χ3n) is 2.39. The average Bonchev–Trinajstić information content (AvgIpc) is 2.86. The Hall–Kier alpha value is -2.57. The molecule has 6 nitrogen and oxygen atoms in total. The standard InChI is InChI=1S/C12H11FN4O2/c13-10-3-1-9(2-4-10)5-14-12(19)7-17-6-11(8-18)15-16-17/h1-4,6,8H,5,7H2,(H,14,19). The molecule has 1 amide bonds. The second kappa shape index (κ2) is 5.85. The zero-order valence-corrected chi connectivity index (χ0v) is 9.91. The van der Waals surface area contributed by atoms with Gasteiger partial charge in [0.25, 0.3) is 0 Å². The maximum Gasteiger partial charge on any atom is 0.242 e. The number of nitrogens with one attached hydrogen (secondary N) is 1. The van der Waals surface area contributed by atoms with Crippen LogP contribution in [-0.4, -0.2) is 27.2 Å². The largest absolute Gasteiger partial charge is 0.350 e. The number of halogens is 1. The molecule has 0 radical (unpaired) electrons. The van der Waals surface area contributed by atoms with Crippen LogP contribution >= 0.6 is 0 Å². The normalized spacial score (nSPS) is 10.2. The summed E-state index contributed by atoms with van der Waals surface area (Å²) >= 11 is 0. The lowest BCUT2D eigenvalue weighted by Crippen LogP contribution is -2.27. The summed E-state index contributed by atoms with van der Waals surface area (Å²) in [6, 6.07) is 5.84. The second-order valence-corrected chi connectivity index (χ2v) is 3.86. The van der Waals surface area contributed by atoms with Gasteiger partial charge in [0, 0.05) is 6.54 Å². The summed E-state index contributed by atoms with van der Waals surface area (Å²) in [6.45, 7) is 0.274. The van der Waals surface area contributed by atoms with Crippen LogP contribution in [0.1, 0.15) is 16.1 Å². The number of rotatable bonds is 5. The van der Waals surface area contributed by atoms with E-state index in [1.807, 2.05) is 0 Å². The second-order valence-electron chi connectivity index (χ2n) is 3.86. The summed E-state index contributed by atoms with van der Waals surface area (Å²) < 4.78 is 13.9. The van der Waals surface area contributed by atoms with Crippen LogP contribution in [0.25, 0.3) is 0 Å². The molecule has 2 aromatic rings. The minimum absolute atomic E-state index is 0.0258. The van der Waals surface area contributed by atoms with E-state index in [0.717, 1.165) is 5.56 Å². The van der Waals surface area contributed by atoms with E-state index in [-0.39, 0.29) is 24.0 Å². The van der Waals surface area contributed by atoms with Crippen LogP contribution in [-0.2, 0) is 17.9 Å². The molecule has 1 N–H and O–H groups in total. The molecule has 0 saturated heterocycles. The Labute approximate surface area is 108 Å². The van der Waals surface area contributed by atoms with E-state index in [1.54, 1.807) is 12.1 Å². The summed E-state index contributed by atoms with van der Waals surface area (Å²) in [6.07, 6.45) is 1.93. The van der Waals surface area contributed by atoms with Gasteiger partial charge >= 0.3 is 0 Å². The predicted octanol–water partition coefficient (Wildman–Crippen LogP) is 0.546. The van der Waals surface area contributed by atoms with Crippen LogP contribution in [0.15, 0.2) is 30.5 Å². The number of carbonyl (C=O) groups is 2. The third-order valence-corrected chi connectivity index (χ3v) is 2.39. The summed E-state index contributed by atoms with van der Waals surface area (Å²) in [7, 11) is 0. The predicted molar refractivity (Wildman–Crippen MR) is 63.7 cm³/mol. The van der Waals surface area contributed by atoms with E-state index in [9.17, 15) is 14.0 Å². The van der Waals surface area contributed by atoms with Crippen molar-refractivity contribution < 1.29 is 14.0 Å². The lowest BCUT2D eigenvalue weighted by atomic mass is 10.2. The average molecular weight is 262 g/mol. The van der Waals surface area contributed by atoms with Crippen molar-refractivity contribution in [2.45, 2.75) is 13.1 Å². The van der Waals surface area contributed by atoms with Crippen molar-refractivity contribution in [1.82, 2.24) is 20.3 Å². The molecule has 0 aliphatic heterocycles. The number of nitrogens with zero attached hydrogens (tertiary/aromatic N) is 3. The molecular weight excluding hydrogens is 251 g/mol. The maximum atomic E-state index is 12.7. The summed E-state index contributed by atoms with van der Waals surface area (Å²) in [5, 5.41) is 9.81. The Morgan fingerprint density at radius 2 is 2.11 bits per heavy atom. The first-order valence-electron chi connectivity index (χ1n) is 5.54. The van der Waals surface area contributed by atoms with E-state index in [1.165, 1.54) is 23.0 Å². The zero-order chi connectivity index (χ0) is 13.7. The molecule has 0 unspecified atom stereocenters. The highest BCUT2D eigenvalue weighted by molar-refractivity contribution is 5.76. The highest BCUT2D eigenvalue weighted by Crippen LogP contribution is 2.02. The smallest absolute Gasteiger partial charge is 0.242 e. The molecule has 0 aliphatic carbocycles. The number of aldehydes is 1. The van der Waals surface area contributed by atoms with Crippen LogP contribution in [0.3, 0.4) is 0 Å². The number of amides is 1. The molecule has 1 aromatic heterocycles. The fourth-order valence-electron chi connectivity index (χ4n) is 1.45. The van der Waals surface area contributed by atoms with Crippen LogP contribution in [0.5, 0.6) is 0 Å². The maximum absolute atomic E-state index is 12.7. The van der Waals surface area contributed by atoms with Gasteiger partial charge in [-0.1, -0.05) is 17.3 Å². The van der Waals surface area contributed by atoms with Crippen molar-refractivity contribution in [3.63, 3.8) is 0 Å². The van der Waals surface area contributed by atoms with Crippen molar-refractivity contribution in [3.8, 4) is 0 Å². The van der Waals surface area contributed by atoms with Crippen molar-refractivity contribution >= 4 is 12.2 Å². The number of hydrogen-bond donors (Lipinski definition) is 1. The Bertz CT molecular complexity index is 580.